The molecule has 0 spiro atoms. The first-order chi connectivity index (χ1) is 10.2. The van der Waals surface area contributed by atoms with E-state index < -0.39 is 5.60 Å². The van der Waals surface area contributed by atoms with Crippen LogP contribution in [0.1, 0.15) is 31.2 Å². The molecular formula is C19H25NO. The van der Waals surface area contributed by atoms with Crippen LogP contribution in [0.15, 0.2) is 54.1 Å². The molecule has 1 N–H and O–H groups in total. The number of allylic oxidation sites excluding steroid dienone is 2. The molecule has 2 aliphatic rings. The summed E-state index contributed by atoms with van der Waals surface area (Å²) in [6.07, 6.45) is 10.8. The average molecular weight is 283 g/mol. The molecule has 1 atom stereocenters. The zero-order chi connectivity index (χ0) is 14.7. The largest absolute Gasteiger partial charge is 0.380 e. The predicted molar refractivity (Wildman–Crippen MR) is 87.0 cm³/mol. The highest BCUT2D eigenvalue weighted by molar-refractivity contribution is 5.41. The lowest BCUT2D eigenvalue weighted by molar-refractivity contribution is -0.0119. The maximum Gasteiger partial charge on any atom is 0.117 e. The fraction of sp³-hybridized carbons (Fsp3) is 0.474. The van der Waals surface area contributed by atoms with Crippen LogP contribution >= 0.6 is 0 Å². The van der Waals surface area contributed by atoms with Gasteiger partial charge in [-0.05, 0) is 62.9 Å². The lowest BCUT2D eigenvalue weighted by atomic mass is 9.70. The molecule has 1 heterocycles. The quantitative estimate of drug-likeness (QED) is 0.918. The Morgan fingerprint density at radius 1 is 1.10 bits per heavy atom. The third kappa shape index (κ3) is 2.83. The van der Waals surface area contributed by atoms with E-state index in [0.717, 1.165) is 49.9 Å². The van der Waals surface area contributed by atoms with Gasteiger partial charge in [-0.25, -0.2) is 0 Å². The van der Waals surface area contributed by atoms with Crippen LogP contribution in [0.4, 0.5) is 0 Å². The van der Waals surface area contributed by atoms with Crippen molar-refractivity contribution in [2.45, 2.75) is 31.3 Å². The van der Waals surface area contributed by atoms with Crippen LogP contribution in [0.2, 0.25) is 0 Å². The number of hydrogen-bond acceptors (Lipinski definition) is 2. The molecule has 0 bridgehead atoms. The molecule has 1 unspecified atom stereocenters. The van der Waals surface area contributed by atoms with Crippen LogP contribution in [0.3, 0.4) is 0 Å². The lowest BCUT2D eigenvalue weighted by Crippen LogP contribution is -2.43. The van der Waals surface area contributed by atoms with Crippen molar-refractivity contribution in [3.05, 3.63) is 59.7 Å². The summed E-state index contributed by atoms with van der Waals surface area (Å²) < 4.78 is 0. The van der Waals surface area contributed by atoms with Gasteiger partial charge in [-0.15, -0.1) is 0 Å². The molecule has 0 amide bonds. The summed E-state index contributed by atoms with van der Waals surface area (Å²) in [4.78, 5) is 2.35. The number of benzene rings is 1. The molecule has 3 rings (SSSR count). The molecule has 112 valence electrons. The minimum absolute atomic E-state index is 0.296. The highest BCUT2D eigenvalue weighted by Crippen LogP contribution is 2.43. The Kier molecular flexibility index (Phi) is 4.27. The van der Waals surface area contributed by atoms with Gasteiger partial charge in [0, 0.05) is 0 Å². The highest BCUT2D eigenvalue weighted by Gasteiger charge is 2.41. The molecule has 1 aliphatic carbocycles. The van der Waals surface area contributed by atoms with Gasteiger partial charge in [0.1, 0.15) is 5.60 Å². The summed E-state index contributed by atoms with van der Waals surface area (Å²) in [7, 11) is 2.16. The van der Waals surface area contributed by atoms with E-state index in [1.165, 1.54) is 0 Å². The first-order valence-electron chi connectivity index (χ1n) is 8.05. The normalized spacial score (nSPS) is 23.6. The van der Waals surface area contributed by atoms with Crippen molar-refractivity contribution in [2.24, 2.45) is 5.92 Å². The van der Waals surface area contributed by atoms with Gasteiger partial charge in [-0.2, -0.15) is 0 Å². The fourth-order valence-corrected chi connectivity index (χ4v) is 3.65. The number of aliphatic hydroxyl groups is 1. The Hall–Kier alpha value is -1.38. The summed E-state index contributed by atoms with van der Waals surface area (Å²) >= 11 is 0. The van der Waals surface area contributed by atoms with E-state index in [4.69, 9.17) is 0 Å². The van der Waals surface area contributed by atoms with Crippen LogP contribution in [0.5, 0.6) is 0 Å². The third-order valence-electron chi connectivity index (χ3n) is 4.96. The monoisotopic (exact) mass is 283 g/mol. The molecule has 1 saturated heterocycles. The minimum Gasteiger partial charge on any atom is -0.380 e. The highest BCUT2D eigenvalue weighted by atomic mass is 16.3. The molecule has 0 radical (unpaired) electrons. The zero-order valence-electron chi connectivity index (χ0n) is 12.8. The predicted octanol–water partition coefficient (Wildman–Crippen LogP) is 3.49. The Morgan fingerprint density at radius 3 is 2.43 bits per heavy atom. The van der Waals surface area contributed by atoms with Crippen LogP contribution in [0, 0.1) is 5.92 Å². The van der Waals surface area contributed by atoms with Gasteiger partial charge in [0.15, 0.2) is 0 Å². The Morgan fingerprint density at radius 2 is 1.81 bits per heavy atom. The second-order valence-electron chi connectivity index (χ2n) is 6.35. The van der Waals surface area contributed by atoms with E-state index in [-0.39, 0.29) is 0 Å². The molecule has 21 heavy (non-hydrogen) atoms. The van der Waals surface area contributed by atoms with Crippen LogP contribution < -0.4 is 0 Å². The molecule has 1 aromatic carbocycles. The molecule has 2 nitrogen and oxygen atoms in total. The second-order valence-corrected chi connectivity index (χ2v) is 6.35. The van der Waals surface area contributed by atoms with Gasteiger partial charge in [0.25, 0.3) is 0 Å². The van der Waals surface area contributed by atoms with Crippen molar-refractivity contribution in [2.75, 3.05) is 20.1 Å². The van der Waals surface area contributed by atoms with Crippen molar-refractivity contribution in [1.82, 2.24) is 4.90 Å². The van der Waals surface area contributed by atoms with Gasteiger partial charge in [-0.3, -0.25) is 0 Å². The van der Waals surface area contributed by atoms with Crippen LogP contribution in [-0.4, -0.2) is 30.1 Å². The minimum atomic E-state index is -0.834. The van der Waals surface area contributed by atoms with E-state index in [1.807, 2.05) is 18.2 Å². The number of hydrogen-bond donors (Lipinski definition) is 1. The molecular weight excluding hydrogens is 258 g/mol. The van der Waals surface area contributed by atoms with Crippen molar-refractivity contribution >= 4 is 0 Å². The van der Waals surface area contributed by atoms with E-state index in [1.54, 1.807) is 0 Å². The van der Waals surface area contributed by atoms with Crippen molar-refractivity contribution in [1.29, 1.82) is 0 Å². The topological polar surface area (TPSA) is 23.5 Å². The number of nitrogens with zero attached hydrogens (tertiary/aromatic N) is 1. The lowest BCUT2D eigenvalue weighted by Gasteiger charge is -2.42. The van der Waals surface area contributed by atoms with Gasteiger partial charge < -0.3 is 10.0 Å². The molecule has 0 aromatic heterocycles. The van der Waals surface area contributed by atoms with E-state index in [2.05, 4.69) is 42.3 Å². The summed E-state index contributed by atoms with van der Waals surface area (Å²) in [5, 5.41) is 11.7. The van der Waals surface area contributed by atoms with E-state index in [0.29, 0.717) is 5.92 Å². The fourth-order valence-electron chi connectivity index (χ4n) is 3.65. The first kappa shape index (κ1) is 14.6. The Labute approximate surface area is 127 Å². The summed E-state index contributed by atoms with van der Waals surface area (Å²) in [6, 6.07) is 10.2. The standard InChI is InChI=1S/C19H25NO/c1-20-14-12-18(13-15-20)19(21,16-8-4-2-5-9-16)17-10-6-3-7-11-17/h2,4-6,8-11,18,21H,3,7,12-15H2,1H3. The van der Waals surface area contributed by atoms with Crippen LogP contribution in [-0.2, 0) is 5.60 Å². The van der Waals surface area contributed by atoms with Gasteiger partial charge in [0.2, 0.25) is 0 Å². The first-order valence-corrected chi connectivity index (χ1v) is 8.05. The maximum absolute atomic E-state index is 11.7. The maximum atomic E-state index is 11.7. The SMILES string of the molecule is CN1CCC(C(O)(C2=CCCC=C2)c2ccccc2)CC1. The molecule has 1 fully saturated rings. The molecule has 2 heteroatoms. The summed E-state index contributed by atoms with van der Waals surface area (Å²) in [6.45, 7) is 2.13. The van der Waals surface area contributed by atoms with Crippen LogP contribution in [0.25, 0.3) is 0 Å². The van der Waals surface area contributed by atoms with Crippen molar-refractivity contribution < 1.29 is 5.11 Å². The van der Waals surface area contributed by atoms with E-state index in [9.17, 15) is 5.11 Å². The molecule has 0 saturated carbocycles. The number of piperidine rings is 1. The van der Waals surface area contributed by atoms with Crippen molar-refractivity contribution in [3.8, 4) is 0 Å². The van der Waals surface area contributed by atoms with E-state index >= 15 is 0 Å². The summed E-state index contributed by atoms with van der Waals surface area (Å²) in [5.41, 5.74) is 1.30. The smallest absolute Gasteiger partial charge is 0.117 e. The molecule has 1 aromatic rings. The summed E-state index contributed by atoms with van der Waals surface area (Å²) in [5.74, 6) is 0.296. The average Bonchev–Trinajstić information content (AvgIpc) is 2.56. The molecule has 1 aliphatic heterocycles. The van der Waals surface area contributed by atoms with Crippen molar-refractivity contribution in [3.63, 3.8) is 0 Å². The number of likely N-dealkylation sites (tertiary alicyclic amines) is 1. The number of rotatable bonds is 3. The third-order valence-corrected chi connectivity index (χ3v) is 4.96. The Bertz CT molecular complexity index is 526. The zero-order valence-corrected chi connectivity index (χ0v) is 12.8. The van der Waals surface area contributed by atoms with Gasteiger partial charge in [-0.1, -0.05) is 48.6 Å². The van der Waals surface area contributed by atoms with Gasteiger partial charge >= 0.3 is 0 Å². The van der Waals surface area contributed by atoms with Gasteiger partial charge in [0.05, 0.1) is 0 Å². The Balaban J connectivity index is 1.98. The second kappa shape index (κ2) is 6.17.